The van der Waals surface area contributed by atoms with Crippen molar-refractivity contribution in [2.45, 2.75) is 25.1 Å². The van der Waals surface area contributed by atoms with Gasteiger partial charge in [-0.2, -0.15) is 0 Å². The number of carbonyl (C=O) groups is 1. The molecular weight excluding hydrogens is 396 g/mol. The molecule has 29 heavy (non-hydrogen) atoms. The van der Waals surface area contributed by atoms with Crippen molar-refractivity contribution in [1.82, 2.24) is 0 Å². The smallest absolute Gasteiger partial charge is 0.258 e. The molecule has 0 aromatic heterocycles. The average molecular weight is 418 g/mol. The van der Waals surface area contributed by atoms with E-state index in [1.807, 2.05) is 6.92 Å². The Morgan fingerprint density at radius 3 is 2.24 bits per heavy atom. The molecule has 2 aromatic rings. The standard InChI is InChI=1S/C22H22ClF2N3O/c1-12(2)26-15-6-8-19(25)20(10-15)28-21(29)16-9-14(5-7-18(16)24)27-13(3)17-11-22(17,4)23/h5-10,17,26-27H,1,3,11H2,2,4H3,(H,28,29). The van der Waals surface area contributed by atoms with Crippen LogP contribution in [-0.4, -0.2) is 10.8 Å². The summed E-state index contributed by atoms with van der Waals surface area (Å²) in [5.41, 5.74) is 2.12. The van der Waals surface area contributed by atoms with Gasteiger partial charge in [0.15, 0.2) is 0 Å². The van der Waals surface area contributed by atoms with E-state index in [1.165, 1.54) is 36.4 Å². The number of anilines is 3. The van der Waals surface area contributed by atoms with Gasteiger partial charge in [-0.1, -0.05) is 13.2 Å². The van der Waals surface area contributed by atoms with Crippen molar-refractivity contribution in [2.75, 3.05) is 16.0 Å². The monoisotopic (exact) mass is 417 g/mol. The molecule has 3 N–H and O–H groups in total. The lowest BCUT2D eigenvalue weighted by Gasteiger charge is -2.13. The summed E-state index contributed by atoms with van der Waals surface area (Å²) in [6, 6.07) is 8.17. The number of benzene rings is 2. The minimum atomic E-state index is -0.767. The topological polar surface area (TPSA) is 53.2 Å². The molecule has 7 heteroatoms. The molecule has 0 bridgehead atoms. The van der Waals surface area contributed by atoms with Crippen LogP contribution in [0.2, 0.25) is 0 Å². The molecule has 1 aliphatic carbocycles. The van der Waals surface area contributed by atoms with Crippen molar-refractivity contribution in [3.05, 3.63) is 78.1 Å². The van der Waals surface area contributed by atoms with Gasteiger partial charge in [-0.25, -0.2) is 8.78 Å². The first-order valence-electron chi connectivity index (χ1n) is 9.04. The molecule has 0 heterocycles. The van der Waals surface area contributed by atoms with Crippen LogP contribution in [0.5, 0.6) is 0 Å². The zero-order valence-electron chi connectivity index (χ0n) is 16.2. The first kappa shape index (κ1) is 20.9. The van der Waals surface area contributed by atoms with Crippen LogP contribution in [0, 0.1) is 17.6 Å². The van der Waals surface area contributed by atoms with E-state index >= 15 is 0 Å². The zero-order valence-corrected chi connectivity index (χ0v) is 17.0. The van der Waals surface area contributed by atoms with Gasteiger partial charge in [-0.3, -0.25) is 4.79 Å². The number of halogens is 3. The van der Waals surface area contributed by atoms with Gasteiger partial charge >= 0.3 is 0 Å². The van der Waals surface area contributed by atoms with Crippen molar-refractivity contribution in [3.63, 3.8) is 0 Å². The molecule has 2 aromatic carbocycles. The maximum atomic E-state index is 14.3. The number of rotatable bonds is 7. The van der Waals surface area contributed by atoms with Gasteiger partial charge in [-0.05, 0) is 56.7 Å². The predicted octanol–water partition coefficient (Wildman–Crippen LogP) is 6.11. The second-order valence-corrected chi connectivity index (χ2v) is 8.30. The lowest BCUT2D eigenvalue weighted by atomic mass is 10.1. The molecular formula is C22H22ClF2N3O. The molecule has 1 fully saturated rings. The Bertz CT molecular complexity index is 1000. The van der Waals surface area contributed by atoms with E-state index in [1.54, 1.807) is 6.92 Å². The minimum Gasteiger partial charge on any atom is -0.360 e. The highest BCUT2D eigenvalue weighted by Gasteiger charge is 2.50. The van der Waals surface area contributed by atoms with Crippen molar-refractivity contribution >= 4 is 34.6 Å². The van der Waals surface area contributed by atoms with Crippen LogP contribution in [0.25, 0.3) is 0 Å². The van der Waals surface area contributed by atoms with Crippen LogP contribution in [-0.2, 0) is 0 Å². The van der Waals surface area contributed by atoms with Gasteiger partial charge in [0.05, 0.1) is 16.1 Å². The van der Waals surface area contributed by atoms with E-state index in [0.29, 0.717) is 22.8 Å². The van der Waals surface area contributed by atoms with Crippen molar-refractivity contribution < 1.29 is 13.6 Å². The zero-order chi connectivity index (χ0) is 21.3. The molecule has 0 radical (unpaired) electrons. The van der Waals surface area contributed by atoms with E-state index in [0.717, 1.165) is 6.42 Å². The molecule has 2 unspecified atom stereocenters. The highest BCUT2D eigenvalue weighted by atomic mass is 35.5. The number of allylic oxidation sites excluding steroid dienone is 2. The molecule has 0 aliphatic heterocycles. The van der Waals surface area contributed by atoms with Crippen LogP contribution < -0.4 is 16.0 Å². The van der Waals surface area contributed by atoms with Gasteiger partial charge in [0.25, 0.3) is 5.91 Å². The first-order chi connectivity index (χ1) is 13.6. The molecule has 4 nitrogen and oxygen atoms in total. The van der Waals surface area contributed by atoms with Gasteiger partial charge in [0, 0.05) is 28.7 Å². The third kappa shape index (κ3) is 4.95. The van der Waals surface area contributed by atoms with E-state index in [9.17, 15) is 13.6 Å². The number of nitrogens with one attached hydrogen (secondary N) is 3. The third-order valence-corrected chi connectivity index (χ3v) is 5.10. The second-order valence-electron chi connectivity index (χ2n) is 7.43. The Morgan fingerprint density at radius 1 is 1.07 bits per heavy atom. The van der Waals surface area contributed by atoms with Crippen LogP contribution in [0.15, 0.2) is 61.0 Å². The summed E-state index contributed by atoms with van der Waals surface area (Å²) in [7, 11) is 0. The average Bonchev–Trinajstić information content (AvgIpc) is 3.27. The molecule has 152 valence electrons. The predicted molar refractivity (Wildman–Crippen MR) is 114 cm³/mol. The van der Waals surface area contributed by atoms with Gasteiger partial charge in [-0.15, -0.1) is 11.6 Å². The molecule has 1 aliphatic rings. The molecule has 1 amide bonds. The summed E-state index contributed by atoms with van der Waals surface area (Å²) in [5.74, 6) is -2.02. The number of hydrogen-bond donors (Lipinski definition) is 3. The molecule has 0 spiro atoms. The quantitative estimate of drug-likeness (QED) is 0.477. The van der Waals surface area contributed by atoms with Crippen molar-refractivity contribution in [3.8, 4) is 0 Å². The van der Waals surface area contributed by atoms with Crippen LogP contribution in [0.1, 0.15) is 30.6 Å². The van der Waals surface area contributed by atoms with E-state index in [-0.39, 0.29) is 22.0 Å². The highest BCUT2D eigenvalue weighted by Crippen LogP contribution is 2.52. The fraction of sp³-hybridized carbons (Fsp3) is 0.227. The molecule has 1 saturated carbocycles. The summed E-state index contributed by atoms with van der Waals surface area (Å²) in [4.78, 5) is 12.3. The Balaban J connectivity index is 1.77. The summed E-state index contributed by atoms with van der Waals surface area (Å²) in [6.45, 7) is 11.3. The van der Waals surface area contributed by atoms with Gasteiger partial charge in [0.2, 0.25) is 0 Å². The molecule has 0 saturated heterocycles. The fourth-order valence-electron chi connectivity index (χ4n) is 3.01. The summed E-state index contributed by atoms with van der Waals surface area (Å²) < 4.78 is 28.4. The Labute approximate surface area is 173 Å². The van der Waals surface area contributed by atoms with Crippen molar-refractivity contribution in [2.24, 2.45) is 5.92 Å². The van der Waals surface area contributed by atoms with E-state index < -0.39 is 17.5 Å². The lowest BCUT2D eigenvalue weighted by Crippen LogP contribution is -2.15. The largest absolute Gasteiger partial charge is 0.360 e. The maximum absolute atomic E-state index is 14.3. The van der Waals surface area contributed by atoms with E-state index in [4.69, 9.17) is 11.6 Å². The summed E-state index contributed by atoms with van der Waals surface area (Å²) in [6.07, 6.45) is 0.794. The summed E-state index contributed by atoms with van der Waals surface area (Å²) >= 11 is 6.25. The summed E-state index contributed by atoms with van der Waals surface area (Å²) in [5, 5.41) is 8.42. The second kappa shape index (κ2) is 7.87. The SMILES string of the molecule is C=C(C)Nc1ccc(F)c(NC(=O)c2cc(NC(=C)C3CC3(C)Cl)ccc2F)c1. The number of alkyl halides is 1. The fourth-order valence-corrected chi connectivity index (χ4v) is 3.30. The van der Waals surface area contributed by atoms with Crippen LogP contribution in [0.4, 0.5) is 25.8 Å². The van der Waals surface area contributed by atoms with Crippen molar-refractivity contribution in [1.29, 1.82) is 0 Å². The number of hydrogen-bond acceptors (Lipinski definition) is 3. The van der Waals surface area contributed by atoms with Crippen LogP contribution in [0.3, 0.4) is 0 Å². The third-order valence-electron chi connectivity index (χ3n) is 4.68. The number of carbonyl (C=O) groups excluding carboxylic acids is 1. The Morgan fingerprint density at radius 2 is 1.66 bits per heavy atom. The highest BCUT2D eigenvalue weighted by molar-refractivity contribution is 6.26. The normalized spacial score (nSPS) is 20.0. The Hall–Kier alpha value is -2.86. The van der Waals surface area contributed by atoms with E-state index in [2.05, 4.69) is 29.1 Å². The molecule has 3 rings (SSSR count). The van der Waals surface area contributed by atoms with Gasteiger partial charge < -0.3 is 16.0 Å². The number of amides is 1. The first-order valence-corrected chi connectivity index (χ1v) is 9.42. The molecule has 2 atom stereocenters. The minimum absolute atomic E-state index is 0.0701. The van der Waals surface area contributed by atoms with Gasteiger partial charge in [0.1, 0.15) is 11.6 Å². The lowest BCUT2D eigenvalue weighted by molar-refractivity contribution is 0.102. The Kier molecular flexibility index (Phi) is 5.66. The van der Waals surface area contributed by atoms with Crippen LogP contribution >= 0.6 is 11.6 Å². The maximum Gasteiger partial charge on any atom is 0.258 e.